The van der Waals surface area contributed by atoms with E-state index in [1.807, 2.05) is 0 Å². The van der Waals surface area contributed by atoms with Crippen molar-refractivity contribution in [3.63, 3.8) is 0 Å². The second kappa shape index (κ2) is 4.60. The number of amides is 1. The summed E-state index contributed by atoms with van der Waals surface area (Å²) in [6, 6.07) is 5.15. The molecule has 19 heavy (non-hydrogen) atoms. The first kappa shape index (κ1) is 13.5. The molecule has 0 spiro atoms. The van der Waals surface area contributed by atoms with E-state index in [2.05, 4.69) is 0 Å². The van der Waals surface area contributed by atoms with Crippen LogP contribution in [0.4, 0.5) is 10.1 Å². The second-order valence-electron chi connectivity index (χ2n) is 4.19. The Balaban J connectivity index is 2.39. The van der Waals surface area contributed by atoms with Crippen molar-refractivity contribution in [3.05, 3.63) is 29.6 Å². The van der Waals surface area contributed by atoms with Gasteiger partial charge in [-0.15, -0.1) is 0 Å². The molecule has 0 aromatic heterocycles. The molecule has 1 amide bonds. The molecule has 1 aliphatic heterocycles. The number of primary sulfonamides is 1. The summed E-state index contributed by atoms with van der Waals surface area (Å²) in [5.41, 5.74) is 0.170. The number of carbonyl (C=O) groups is 1. The summed E-state index contributed by atoms with van der Waals surface area (Å²) in [6.45, 7) is -0.127. The lowest BCUT2D eigenvalue weighted by Crippen LogP contribution is -2.32. The van der Waals surface area contributed by atoms with E-state index in [1.54, 1.807) is 6.07 Å². The summed E-state index contributed by atoms with van der Waals surface area (Å²) in [7, 11) is -3.82. The van der Waals surface area contributed by atoms with Crippen LogP contribution in [-0.4, -0.2) is 26.1 Å². The highest BCUT2D eigenvalue weighted by Crippen LogP contribution is 2.27. The number of hydrogen-bond acceptors (Lipinski definition) is 4. The molecule has 6 nitrogen and oxygen atoms in total. The summed E-state index contributed by atoms with van der Waals surface area (Å²) in [5, 5.41) is 12.9. The Kier molecular flexibility index (Phi) is 3.26. The zero-order valence-corrected chi connectivity index (χ0v) is 10.5. The fourth-order valence-electron chi connectivity index (χ4n) is 1.96. The summed E-state index contributed by atoms with van der Waals surface area (Å²) in [6.07, 6.45) is -0.235. The van der Waals surface area contributed by atoms with Crippen LogP contribution >= 0.6 is 0 Å². The number of sulfonamides is 1. The Hall–Kier alpha value is -1.98. The standard InChI is InChI=1S/C11H10FN3O3S/c12-8-1-2-10(7(3-8)5-13)15-6-9(4-11(15)16)19(14,17)18/h1-3,9H,4,6H2,(H2,14,17,18). The van der Waals surface area contributed by atoms with E-state index in [4.69, 9.17) is 10.4 Å². The maximum absolute atomic E-state index is 13.0. The average molecular weight is 283 g/mol. The van der Waals surface area contributed by atoms with Gasteiger partial charge in [-0.05, 0) is 18.2 Å². The molecule has 1 aromatic rings. The Morgan fingerprint density at radius 2 is 2.16 bits per heavy atom. The molecule has 1 saturated heterocycles. The van der Waals surface area contributed by atoms with E-state index in [1.165, 1.54) is 6.07 Å². The Bertz CT molecular complexity index is 681. The van der Waals surface area contributed by atoms with Crippen LogP contribution in [0, 0.1) is 17.1 Å². The summed E-state index contributed by atoms with van der Waals surface area (Å²) < 4.78 is 35.5. The van der Waals surface area contributed by atoms with Gasteiger partial charge in [0.1, 0.15) is 17.1 Å². The molecule has 1 aromatic carbocycles. The van der Waals surface area contributed by atoms with E-state index in [0.29, 0.717) is 0 Å². The van der Waals surface area contributed by atoms with Crippen LogP contribution in [0.25, 0.3) is 0 Å². The van der Waals surface area contributed by atoms with Gasteiger partial charge in [-0.25, -0.2) is 17.9 Å². The Labute approximate surface area is 109 Å². The van der Waals surface area contributed by atoms with Gasteiger partial charge < -0.3 is 4.90 Å². The van der Waals surface area contributed by atoms with Crippen molar-refractivity contribution in [2.24, 2.45) is 5.14 Å². The van der Waals surface area contributed by atoms with Gasteiger partial charge in [0.25, 0.3) is 0 Å². The van der Waals surface area contributed by atoms with Crippen LogP contribution in [-0.2, 0) is 14.8 Å². The summed E-state index contributed by atoms with van der Waals surface area (Å²) >= 11 is 0. The van der Waals surface area contributed by atoms with Crippen LogP contribution in [0.2, 0.25) is 0 Å². The van der Waals surface area contributed by atoms with Gasteiger partial charge >= 0.3 is 0 Å². The number of hydrogen-bond donors (Lipinski definition) is 1. The van der Waals surface area contributed by atoms with Gasteiger partial charge in [-0.1, -0.05) is 0 Å². The smallest absolute Gasteiger partial charge is 0.228 e. The summed E-state index contributed by atoms with van der Waals surface area (Å²) in [4.78, 5) is 12.9. The lowest BCUT2D eigenvalue weighted by atomic mass is 10.1. The number of benzene rings is 1. The van der Waals surface area contributed by atoms with E-state index < -0.39 is 27.0 Å². The normalized spacial score (nSPS) is 19.5. The largest absolute Gasteiger partial charge is 0.310 e. The fraction of sp³-hybridized carbons (Fsp3) is 0.273. The molecule has 1 unspecified atom stereocenters. The first-order valence-electron chi connectivity index (χ1n) is 5.34. The number of anilines is 1. The molecule has 0 saturated carbocycles. The predicted molar refractivity (Wildman–Crippen MR) is 65.0 cm³/mol. The SMILES string of the molecule is N#Cc1cc(F)ccc1N1CC(S(N)(=O)=O)CC1=O. The van der Waals surface area contributed by atoms with E-state index in [-0.39, 0.29) is 24.2 Å². The molecule has 1 aliphatic rings. The predicted octanol–water partition coefficient (Wildman–Crippen LogP) is 0.0912. The molecule has 8 heteroatoms. The first-order chi connectivity index (χ1) is 8.82. The van der Waals surface area contributed by atoms with Gasteiger partial charge in [0, 0.05) is 13.0 Å². The highest BCUT2D eigenvalue weighted by Gasteiger charge is 2.37. The van der Waals surface area contributed by atoms with Gasteiger partial charge in [0.15, 0.2) is 0 Å². The zero-order chi connectivity index (χ0) is 14.2. The maximum Gasteiger partial charge on any atom is 0.228 e. The van der Waals surface area contributed by atoms with Crippen molar-refractivity contribution < 1.29 is 17.6 Å². The monoisotopic (exact) mass is 283 g/mol. The van der Waals surface area contributed by atoms with Crippen LogP contribution in [0.5, 0.6) is 0 Å². The molecule has 0 radical (unpaired) electrons. The van der Waals surface area contributed by atoms with Gasteiger partial charge in [0.2, 0.25) is 15.9 Å². The molecule has 0 bridgehead atoms. The van der Waals surface area contributed by atoms with Crippen molar-refractivity contribution in [1.82, 2.24) is 0 Å². The summed E-state index contributed by atoms with van der Waals surface area (Å²) in [5.74, 6) is -1.06. The number of rotatable bonds is 2. The number of carbonyl (C=O) groups excluding carboxylic acids is 1. The first-order valence-corrected chi connectivity index (χ1v) is 6.95. The second-order valence-corrected chi connectivity index (χ2v) is 6.04. The average Bonchev–Trinajstić information content (AvgIpc) is 2.71. The van der Waals surface area contributed by atoms with Crippen LogP contribution in [0.3, 0.4) is 0 Å². The number of nitrogens with two attached hydrogens (primary N) is 1. The minimum atomic E-state index is -3.82. The molecule has 1 atom stereocenters. The zero-order valence-electron chi connectivity index (χ0n) is 9.71. The highest BCUT2D eigenvalue weighted by atomic mass is 32.2. The van der Waals surface area contributed by atoms with Crippen molar-refractivity contribution in [3.8, 4) is 6.07 Å². The third-order valence-electron chi connectivity index (χ3n) is 2.92. The van der Waals surface area contributed by atoms with Gasteiger partial charge in [-0.3, -0.25) is 4.79 Å². The quantitative estimate of drug-likeness (QED) is 0.830. The topological polar surface area (TPSA) is 104 Å². The molecular weight excluding hydrogens is 273 g/mol. The lowest BCUT2D eigenvalue weighted by Gasteiger charge is -2.17. The molecule has 100 valence electrons. The van der Waals surface area contributed by atoms with Gasteiger partial charge in [-0.2, -0.15) is 5.26 Å². The van der Waals surface area contributed by atoms with Crippen molar-refractivity contribution in [1.29, 1.82) is 5.26 Å². The molecular formula is C11H10FN3O3S. The minimum Gasteiger partial charge on any atom is -0.310 e. The van der Waals surface area contributed by atoms with Crippen molar-refractivity contribution >= 4 is 21.6 Å². The molecule has 0 aliphatic carbocycles. The van der Waals surface area contributed by atoms with Gasteiger partial charge in [0.05, 0.1) is 11.3 Å². The third-order valence-corrected chi connectivity index (χ3v) is 4.17. The molecule has 2 N–H and O–H groups in total. The molecule has 1 heterocycles. The van der Waals surface area contributed by atoms with Crippen LogP contribution in [0.1, 0.15) is 12.0 Å². The Morgan fingerprint density at radius 1 is 1.47 bits per heavy atom. The molecule has 2 rings (SSSR count). The van der Waals surface area contributed by atoms with Crippen LogP contribution in [0.15, 0.2) is 18.2 Å². The van der Waals surface area contributed by atoms with Crippen molar-refractivity contribution in [2.75, 3.05) is 11.4 Å². The third kappa shape index (κ3) is 2.57. The van der Waals surface area contributed by atoms with Crippen LogP contribution < -0.4 is 10.0 Å². The molecule has 1 fully saturated rings. The number of halogens is 1. The number of nitriles is 1. The Morgan fingerprint density at radius 3 is 2.68 bits per heavy atom. The van der Waals surface area contributed by atoms with E-state index >= 15 is 0 Å². The highest BCUT2D eigenvalue weighted by molar-refractivity contribution is 7.89. The number of nitrogens with zero attached hydrogens (tertiary/aromatic N) is 2. The lowest BCUT2D eigenvalue weighted by molar-refractivity contribution is -0.117. The fourth-order valence-corrected chi connectivity index (χ4v) is 2.69. The van der Waals surface area contributed by atoms with E-state index in [9.17, 15) is 17.6 Å². The van der Waals surface area contributed by atoms with E-state index in [0.717, 1.165) is 17.0 Å². The maximum atomic E-state index is 13.0. The minimum absolute atomic E-state index is 0.0246. The van der Waals surface area contributed by atoms with Crippen molar-refractivity contribution in [2.45, 2.75) is 11.7 Å².